The SMILES string of the molecule is Cc1cc(OCc2c(F)cccc2F)c2nc(C)c(C(=O)NCC3(NC(=O)OC(C)(C)C)CC3)n2c1.O=C(O)C(F)(F)F. The van der Waals surface area contributed by atoms with Crippen LogP contribution in [0.25, 0.3) is 5.65 Å². The molecule has 0 radical (unpaired) electrons. The van der Waals surface area contributed by atoms with E-state index in [9.17, 15) is 31.5 Å². The third-order valence-electron chi connectivity index (χ3n) is 6.10. The fourth-order valence-corrected chi connectivity index (χ4v) is 3.91. The fourth-order valence-electron chi connectivity index (χ4n) is 3.91. The highest BCUT2D eigenvalue weighted by atomic mass is 19.4. The van der Waals surface area contributed by atoms with Crippen LogP contribution in [0.2, 0.25) is 0 Å². The van der Waals surface area contributed by atoms with Crippen molar-refractivity contribution in [3.63, 3.8) is 0 Å². The number of rotatable bonds is 7. The smallest absolute Gasteiger partial charge is 0.485 e. The Morgan fingerprint density at radius 1 is 1.09 bits per heavy atom. The molecule has 1 fully saturated rings. The molecule has 0 saturated heterocycles. The topological polar surface area (TPSA) is 131 Å². The molecule has 0 bridgehead atoms. The Kier molecular flexibility index (Phi) is 9.56. The number of halogens is 5. The minimum atomic E-state index is -5.08. The number of nitrogens with zero attached hydrogens (tertiary/aromatic N) is 2. The number of aryl methyl sites for hydroxylation is 2. The molecule has 1 aromatic carbocycles. The summed E-state index contributed by atoms with van der Waals surface area (Å²) in [4.78, 5) is 38.7. The van der Waals surface area contributed by atoms with Crippen molar-refractivity contribution < 1.29 is 50.9 Å². The molecule has 1 aliphatic carbocycles. The molecule has 234 valence electrons. The highest BCUT2D eigenvalue weighted by Gasteiger charge is 2.45. The van der Waals surface area contributed by atoms with E-state index >= 15 is 0 Å². The molecule has 3 N–H and O–H groups in total. The number of fused-ring (bicyclic) bond motifs is 1. The summed E-state index contributed by atoms with van der Waals surface area (Å²) < 4.78 is 72.5. The van der Waals surface area contributed by atoms with Crippen LogP contribution in [0.3, 0.4) is 0 Å². The van der Waals surface area contributed by atoms with Gasteiger partial charge in [0.25, 0.3) is 5.91 Å². The van der Waals surface area contributed by atoms with Crippen LogP contribution in [0.4, 0.5) is 26.7 Å². The molecule has 2 amide bonds. The summed E-state index contributed by atoms with van der Waals surface area (Å²) in [7, 11) is 0. The molecule has 15 heteroatoms. The summed E-state index contributed by atoms with van der Waals surface area (Å²) in [6, 6.07) is 5.32. The van der Waals surface area contributed by atoms with Gasteiger partial charge in [-0.05, 0) is 71.2 Å². The van der Waals surface area contributed by atoms with Crippen molar-refractivity contribution in [3.8, 4) is 5.75 Å². The number of aliphatic carboxylic acids is 1. The molecular formula is C28H31F5N4O6. The van der Waals surface area contributed by atoms with Gasteiger partial charge in [-0.2, -0.15) is 13.2 Å². The lowest BCUT2D eigenvalue weighted by molar-refractivity contribution is -0.192. The Labute approximate surface area is 243 Å². The van der Waals surface area contributed by atoms with Crippen molar-refractivity contribution in [2.75, 3.05) is 6.54 Å². The van der Waals surface area contributed by atoms with Gasteiger partial charge in [0.2, 0.25) is 0 Å². The maximum atomic E-state index is 14.0. The van der Waals surface area contributed by atoms with Crippen LogP contribution in [0.1, 0.15) is 60.9 Å². The van der Waals surface area contributed by atoms with Crippen LogP contribution in [-0.4, -0.2) is 56.3 Å². The summed E-state index contributed by atoms with van der Waals surface area (Å²) >= 11 is 0. The lowest BCUT2D eigenvalue weighted by Crippen LogP contribution is -2.47. The molecule has 2 aromatic heterocycles. The average molecular weight is 615 g/mol. The molecule has 0 aliphatic heterocycles. The molecule has 3 aromatic rings. The highest BCUT2D eigenvalue weighted by Crippen LogP contribution is 2.35. The molecule has 2 heterocycles. The number of hydrogen-bond donors (Lipinski definition) is 3. The molecule has 10 nitrogen and oxygen atoms in total. The largest absolute Gasteiger partial charge is 0.490 e. The van der Waals surface area contributed by atoms with Gasteiger partial charge in [-0.3, -0.25) is 9.20 Å². The van der Waals surface area contributed by atoms with Gasteiger partial charge in [0.15, 0.2) is 11.4 Å². The Morgan fingerprint density at radius 2 is 1.67 bits per heavy atom. The Morgan fingerprint density at radius 3 is 2.19 bits per heavy atom. The summed E-state index contributed by atoms with van der Waals surface area (Å²) in [5, 5.41) is 12.9. The van der Waals surface area contributed by atoms with Crippen LogP contribution < -0.4 is 15.4 Å². The first-order chi connectivity index (χ1) is 19.8. The molecule has 0 spiro atoms. The highest BCUT2D eigenvalue weighted by molar-refractivity contribution is 5.95. The maximum absolute atomic E-state index is 14.0. The van der Waals surface area contributed by atoms with Gasteiger partial charge in [-0.15, -0.1) is 0 Å². The van der Waals surface area contributed by atoms with Gasteiger partial charge in [-0.1, -0.05) is 6.07 Å². The molecular weight excluding hydrogens is 583 g/mol. The number of carboxylic acid groups (broad SMARTS) is 1. The molecule has 0 unspecified atom stereocenters. The first kappa shape index (κ1) is 33.1. The van der Waals surface area contributed by atoms with Crippen molar-refractivity contribution in [1.29, 1.82) is 0 Å². The number of amides is 2. The molecule has 1 saturated carbocycles. The number of benzene rings is 1. The number of carbonyl (C=O) groups excluding carboxylic acids is 2. The van der Waals surface area contributed by atoms with Gasteiger partial charge in [-0.25, -0.2) is 23.4 Å². The fraction of sp³-hybridized carbons (Fsp3) is 0.429. The summed E-state index contributed by atoms with van der Waals surface area (Å²) in [6.45, 7) is 8.78. The quantitative estimate of drug-likeness (QED) is 0.311. The third-order valence-corrected chi connectivity index (χ3v) is 6.10. The average Bonchev–Trinajstić information content (AvgIpc) is 3.53. The second-order valence-corrected chi connectivity index (χ2v) is 11.0. The lowest BCUT2D eigenvalue weighted by atomic mass is 10.2. The van der Waals surface area contributed by atoms with E-state index in [4.69, 9.17) is 19.4 Å². The molecule has 0 atom stereocenters. The summed E-state index contributed by atoms with van der Waals surface area (Å²) in [5.74, 6) is -4.23. The number of hydrogen-bond acceptors (Lipinski definition) is 6. The van der Waals surface area contributed by atoms with E-state index in [1.54, 1.807) is 44.4 Å². The van der Waals surface area contributed by atoms with Gasteiger partial charge in [0.05, 0.1) is 16.8 Å². The second kappa shape index (κ2) is 12.4. The zero-order valence-electron chi connectivity index (χ0n) is 24.0. The zero-order valence-corrected chi connectivity index (χ0v) is 24.0. The van der Waals surface area contributed by atoms with Gasteiger partial charge in [0, 0.05) is 12.7 Å². The Hall–Kier alpha value is -4.43. The van der Waals surface area contributed by atoms with Crippen molar-refractivity contribution >= 4 is 23.6 Å². The van der Waals surface area contributed by atoms with Crippen LogP contribution in [0.15, 0.2) is 30.5 Å². The van der Waals surface area contributed by atoms with E-state index in [0.717, 1.165) is 18.4 Å². The van der Waals surface area contributed by atoms with Crippen LogP contribution in [0.5, 0.6) is 5.75 Å². The minimum absolute atomic E-state index is 0.189. The monoisotopic (exact) mass is 614 g/mol. The summed E-state index contributed by atoms with van der Waals surface area (Å²) in [6.07, 6.45) is -2.42. The molecule has 1 aliphatic rings. The van der Waals surface area contributed by atoms with E-state index in [0.29, 0.717) is 22.8 Å². The number of carboxylic acids is 1. The number of aromatic nitrogens is 2. The van der Waals surface area contributed by atoms with E-state index in [1.165, 1.54) is 18.2 Å². The van der Waals surface area contributed by atoms with Crippen LogP contribution >= 0.6 is 0 Å². The molecule has 4 rings (SSSR count). The Bertz CT molecular complexity index is 1510. The number of nitrogens with one attached hydrogen (secondary N) is 2. The predicted molar refractivity (Wildman–Crippen MR) is 143 cm³/mol. The van der Waals surface area contributed by atoms with Crippen molar-refractivity contribution in [2.24, 2.45) is 0 Å². The zero-order chi connectivity index (χ0) is 32.3. The normalized spacial score (nSPS) is 13.9. The van der Waals surface area contributed by atoms with Crippen LogP contribution in [-0.2, 0) is 16.1 Å². The van der Waals surface area contributed by atoms with Gasteiger partial charge >= 0.3 is 18.2 Å². The molecule has 43 heavy (non-hydrogen) atoms. The first-order valence-electron chi connectivity index (χ1n) is 13.0. The van der Waals surface area contributed by atoms with Crippen molar-refractivity contribution in [1.82, 2.24) is 20.0 Å². The van der Waals surface area contributed by atoms with Crippen molar-refractivity contribution in [2.45, 2.75) is 71.4 Å². The van der Waals surface area contributed by atoms with E-state index < -0.39 is 41.0 Å². The first-order valence-corrected chi connectivity index (χ1v) is 13.0. The number of pyridine rings is 1. The van der Waals surface area contributed by atoms with Crippen LogP contribution in [0, 0.1) is 25.5 Å². The number of alkyl halides is 3. The number of imidazole rings is 1. The van der Waals surface area contributed by atoms with Gasteiger partial charge in [0.1, 0.15) is 29.5 Å². The standard InChI is InChI=1S/C26H30F2N4O4.C2HF3O2/c1-15-11-20(35-13-17-18(27)7-6-8-19(17)28)22-30-16(2)21(32(22)12-15)23(33)29-14-26(9-10-26)31-24(34)36-25(3,4)5;3-2(4,5)1(6)7/h6-8,11-12H,9-10,13-14H2,1-5H3,(H,29,33)(H,31,34);(H,6,7). The number of carbonyl (C=O) groups is 3. The van der Waals surface area contributed by atoms with E-state index in [2.05, 4.69) is 15.6 Å². The minimum Gasteiger partial charge on any atom is -0.485 e. The van der Waals surface area contributed by atoms with E-state index in [1.807, 2.05) is 6.92 Å². The summed E-state index contributed by atoms with van der Waals surface area (Å²) in [5.41, 5.74) is 0.545. The Balaban J connectivity index is 0.000000646. The maximum Gasteiger partial charge on any atom is 0.490 e. The third kappa shape index (κ3) is 8.78. The van der Waals surface area contributed by atoms with Crippen molar-refractivity contribution in [3.05, 3.63) is 64.6 Å². The second-order valence-electron chi connectivity index (χ2n) is 11.0. The lowest BCUT2D eigenvalue weighted by Gasteiger charge is -2.23. The van der Waals surface area contributed by atoms with E-state index in [-0.39, 0.29) is 24.6 Å². The number of alkyl carbamates (subject to hydrolysis) is 1. The predicted octanol–water partition coefficient (Wildman–Crippen LogP) is 5.23. The van der Waals surface area contributed by atoms with Gasteiger partial charge < -0.3 is 25.2 Å². The number of ether oxygens (including phenoxy) is 2.